The lowest BCUT2D eigenvalue weighted by Crippen LogP contribution is -2.37. The Kier molecular flexibility index (Phi) is 8.18. The van der Waals surface area contributed by atoms with E-state index in [2.05, 4.69) is 11.9 Å². The lowest BCUT2D eigenvalue weighted by molar-refractivity contribution is -0.136. The van der Waals surface area contributed by atoms with Crippen LogP contribution in [0.5, 0.6) is 0 Å². The second-order valence-corrected chi connectivity index (χ2v) is 9.89. The van der Waals surface area contributed by atoms with Gasteiger partial charge in [-0.25, -0.2) is 13.4 Å². The highest BCUT2D eigenvalue weighted by Gasteiger charge is 2.23. The largest absolute Gasteiger partial charge is 0.481 e. The second-order valence-electron chi connectivity index (χ2n) is 6.89. The summed E-state index contributed by atoms with van der Waals surface area (Å²) in [6.07, 6.45) is 1.89. The third-order valence-corrected chi connectivity index (χ3v) is 7.92. The zero-order valence-corrected chi connectivity index (χ0v) is 19.0. The molecule has 2 aromatic rings. The van der Waals surface area contributed by atoms with Crippen molar-refractivity contribution in [1.82, 2.24) is 9.29 Å². The summed E-state index contributed by atoms with van der Waals surface area (Å²) in [6.45, 7) is 6.85. The number of carboxylic acids is 1. The number of aromatic nitrogens is 1. The van der Waals surface area contributed by atoms with Crippen molar-refractivity contribution >= 4 is 32.5 Å². The van der Waals surface area contributed by atoms with E-state index in [4.69, 9.17) is 5.11 Å². The zero-order chi connectivity index (χ0) is 21.6. The molecule has 1 heterocycles. The molecule has 0 radical (unpaired) electrons. The van der Waals surface area contributed by atoms with Crippen LogP contribution in [0, 0.1) is 6.92 Å². The summed E-state index contributed by atoms with van der Waals surface area (Å²) in [5.41, 5.74) is 1.83. The average Bonchev–Trinajstić information content (AvgIpc) is 3.02. The SMILES string of the molecule is CCCc1ccc(S(=O)(=O)N(CC)CCN(C)c2nc(C)c(CC(=O)O)s2)cc1. The fraction of sp³-hybridized carbons (Fsp3) is 0.500. The number of benzene rings is 1. The van der Waals surface area contributed by atoms with E-state index < -0.39 is 16.0 Å². The molecule has 9 heteroatoms. The number of thiazole rings is 1. The van der Waals surface area contributed by atoms with Gasteiger partial charge in [0.25, 0.3) is 0 Å². The van der Waals surface area contributed by atoms with Crippen LogP contribution < -0.4 is 4.90 Å². The van der Waals surface area contributed by atoms with E-state index in [-0.39, 0.29) is 6.42 Å². The normalized spacial score (nSPS) is 11.8. The molecule has 0 unspecified atom stereocenters. The molecule has 1 aromatic carbocycles. The molecule has 7 nitrogen and oxygen atoms in total. The summed E-state index contributed by atoms with van der Waals surface area (Å²) in [5.74, 6) is -0.890. The Hall–Kier alpha value is -1.97. The lowest BCUT2D eigenvalue weighted by Gasteiger charge is -2.24. The van der Waals surface area contributed by atoms with Gasteiger partial charge in [-0.1, -0.05) is 32.4 Å². The Morgan fingerprint density at radius 1 is 1.17 bits per heavy atom. The van der Waals surface area contributed by atoms with Crippen LogP contribution in [0.3, 0.4) is 0 Å². The minimum absolute atomic E-state index is 0.0547. The van der Waals surface area contributed by atoms with Gasteiger partial charge in [-0.15, -0.1) is 11.3 Å². The maximum Gasteiger partial charge on any atom is 0.308 e. The summed E-state index contributed by atoms with van der Waals surface area (Å²) in [4.78, 5) is 18.3. The summed E-state index contributed by atoms with van der Waals surface area (Å²) < 4.78 is 27.4. The highest BCUT2D eigenvalue weighted by molar-refractivity contribution is 7.89. The molecular formula is C20H29N3O4S2. The smallest absolute Gasteiger partial charge is 0.308 e. The Bertz CT molecular complexity index is 924. The van der Waals surface area contributed by atoms with Gasteiger partial charge in [-0.05, 0) is 31.0 Å². The molecule has 0 fully saturated rings. The molecule has 0 spiro atoms. The molecule has 2 rings (SSSR count). The Morgan fingerprint density at radius 3 is 2.38 bits per heavy atom. The van der Waals surface area contributed by atoms with Gasteiger partial charge in [0, 0.05) is 31.6 Å². The number of anilines is 1. The number of aliphatic carboxylic acids is 1. The Labute approximate surface area is 177 Å². The minimum atomic E-state index is -3.57. The van der Waals surface area contributed by atoms with Crippen molar-refractivity contribution in [2.75, 3.05) is 31.6 Å². The van der Waals surface area contributed by atoms with Gasteiger partial charge in [0.05, 0.1) is 17.0 Å². The molecule has 29 heavy (non-hydrogen) atoms. The summed E-state index contributed by atoms with van der Waals surface area (Å²) in [5, 5.41) is 9.67. The number of hydrogen-bond donors (Lipinski definition) is 1. The van der Waals surface area contributed by atoms with Gasteiger partial charge < -0.3 is 10.0 Å². The van der Waals surface area contributed by atoms with Crippen molar-refractivity contribution in [3.63, 3.8) is 0 Å². The fourth-order valence-corrected chi connectivity index (χ4v) is 5.43. The maximum absolute atomic E-state index is 13.0. The topological polar surface area (TPSA) is 90.8 Å². The van der Waals surface area contributed by atoms with Crippen LogP contribution in [0.15, 0.2) is 29.2 Å². The van der Waals surface area contributed by atoms with Crippen LogP contribution >= 0.6 is 11.3 Å². The maximum atomic E-state index is 13.0. The zero-order valence-electron chi connectivity index (χ0n) is 17.4. The standard InChI is InChI=1S/C20H29N3O4S2/c1-5-7-16-8-10-17(11-9-16)29(26,27)23(6-2)13-12-22(4)20-21-15(3)18(28-20)14-19(24)25/h8-11H,5-7,12-14H2,1-4H3,(H,24,25). The highest BCUT2D eigenvalue weighted by Crippen LogP contribution is 2.26. The van der Waals surface area contributed by atoms with Gasteiger partial charge in [0.2, 0.25) is 10.0 Å². The lowest BCUT2D eigenvalue weighted by atomic mass is 10.1. The number of carboxylic acid groups (broad SMARTS) is 1. The average molecular weight is 440 g/mol. The van der Waals surface area contributed by atoms with Crippen LogP contribution in [-0.4, -0.2) is 55.5 Å². The van der Waals surface area contributed by atoms with Crippen LogP contribution in [0.2, 0.25) is 0 Å². The van der Waals surface area contributed by atoms with Crippen molar-refractivity contribution in [2.45, 2.75) is 44.9 Å². The van der Waals surface area contributed by atoms with E-state index in [0.717, 1.165) is 18.4 Å². The second kappa shape index (κ2) is 10.2. The van der Waals surface area contributed by atoms with Crippen molar-refractivity contribution in [2.24, 2.45) is 0 Å². The van der Waals surface area contributed by atoms with Gasteiger partial charge in [0.1, 0.15) is 0 Å². The van der Waals surface area contributed by atoms with E-state index in [1.54, 1.807) is 19.1 Å². The summed E-state index contributed by atoms with van der Waals surface area (Å²) in [7, 11) is -1.73. The predicted octanol–water partition coefficient (Wildman–Crippen LogP) is 3.18. The van der Waals surface area contributed by atoms with Crippen molar-refractivity contribution in [3.8, 4) is 0 Å². The fourth-order valence-electron chi connectivity index (χ4n) is 2.95. The predicted molar refractivity (Wildman–Crippen MR) is 116 cm³/mol. The number of hydrogen-bond acceptors (Lipinski definition) is 6. The molecule has 1 aromatic heterocycles. The molecule has 0 amide bonds. The quantitative estimate of drug-likeness (QED) is 0.578. The molecule has 0 bridgehead atoms. The van der Waals surface area contributed by atoms with Crippen LogP contribution in [0.1, 0.15) is 36.4 Å². The summed E-state index contributed by atoms with van der Waals surface area (Å²) >= 11 is 1.33. The van der Waals surface area contributed by atoms with Gasteiger partial charge >= 0.3 is 5.97 Å². The number of sulfonamides is 1. The third-order valence-electron chi connectivity index (χ3n) is 4.66. The van der Waals surface area contributed by atoms with Crippen molar-refractivity contribution in [1.29, 1.82) is 0 Å². The first-order chi connectivity index (χ1) is 13.7. The molecule has 0 atom stereocenters. The first-order valence-corrected chi connectivity index (χ1v) is 11.9. The van der Waals surface area contributed by atoms with Crippen molar-refractivity contribution < 1.29 is 18.3 Å². The number of carbonyl (C=O) groups is 1. The molecule has 0 saturated carbocycles. The molecule has 1 N–H and O–H groups in total. The number of nitrogens with zero attached hydrogens (tertiary/aromatic N) is 3. The van der Waals surface area contributed by atoms with E-state index >= 15 is 0 Å². The van der Waals surface area contributed by atoms with E-state index in [0.29, 0.717) is 40.2 Å². The van der Waals surface area contributed by atoms with Gasteiger partial charge in [0.15, 0.2) is 5.13 Å². The first-order valence-electron chi connectivity index (χ1n) is 9.67. The van der Waals surface area contributed by atoms with E-state index in [1.165, 1.54) is 15.6 Å². The Balaban J connectivity index is 2.07. The molecule has 0 saturated heterocycles. The van der Waals surface area contributed by atoms with Crippen LogP contribution in [-0.2, 0) is 27.7 Å². The highest BCUT2D eigenvalue weighted by atomic mass is 32.2. The molecular weight excluding hydrogens is 410 g/mol. The molecule has 160 valence electrons. The molecule has 0 aliphatic rings. The van der Waals surface area contributed by atoms with Crippen molar-refractivity contribution in [3.05, 3.63) is 40.4 Å². The van der Waals surface area contributed by atoms with Crippen LogP contribution in [0.25, 0.3) is 0 Å². The number of aryl methyl sites for hydroxylation is 2. The summed E-state index contributed by atoms with van der Waals surface area (Å²) in [6, 6.07) is 7.10. The molecule has 0 aliphatic carbocycles. The van der Waals surface area contributed by atoms with Gasteiger partial charge in [-0.3, -0.25) is 4.79 Å². The first kappa shape index (κ1) is 23.3. The van der Waals surface area contributed by atoms with Gasteiger partial charge in [-0.2, -0.15) is 4.31 Å². The monoisotopic (exact) mass is 439 g/mol. The minimum Gasteiger partial charge on any atom is -0.481 e. The molecule has 0 aliphatic heterocycles. The van der Waals surface area contributed by atoms with Crippen LogP contribution in [0.4, 0.5) is 5.13 Å². The number of rotatable bonds is 11. The van der Waals surface area contributed by atoms with E-state index in [9.17, 15) is 13.2 Å². The van der Waals surface area contributed by atoms with E-state index in [1.807, 2.05) is 31.0 Å². The Morgan fingerprint density at radius 2 is 1.83 bits per heavy atom. The number of likely N-dealkylation sites (N-methyl/N-ethyl adjacent to an activating group) is 2. The third kappa shape index (κ3) is 6.01.